The third-order valence-corrected chi connectivity index (χ3v) is 1.85. The fraction of sp³-hybridized carbons (Fsp3) is 0.556. The van der Waals surface area contributed by atoms with Crippen molar-refractivity contribution in [2.24, 2.45) is 0 Å². The number of nitrogens with zero attached hydrogens (tertiary/aromatic N) is 1. The standard InChI is InChI=1S/C9H12F3N/c1-8(2,3)7-4-5-13(6-7)9(10,11)12/h4-6H,1-3H3. The van der Waals surface area contributed by atoms with E-state index in [9.17, 15) is 13.2 Å². The zero-order valence-electron chi connectivity index (χ0n) is 7.81. The van der Waals surface area contributed by atoms with Gasteiger partial charge in [-0.3, -0.25) is 4.57 Å². The second-order valence-electron chi connectivity index (χ2n) is 4.03. The Morgan fingerprint density at radius 1 is 1.15 bits per heavy atom. The second-order valence-corrected chi connectivity index (χ2v) is 4.03. The summed E-state index contributed by atoms with van der Waals surface area (Å²) in [6, 6.07) is 1.49. The van der Waals surface area contributed by atoms with Crippen LogP contribution in [-0.2, 0) is 11.7 Å². The number of hydrogen-bond acceptors (Lipinski definition) is 0. The Bertz CT molecular complexity index is 262. The molecule has 74 valence electrons. The molecule has 4 heteroatoms. The van der Waals surface area contributed by atoms with Gasteiger partial charge in [-0.1, -0.05) is 20.8 Å². The predicted molar refractivity (Wildman–Crippen MR) is 44.4 cm³/mol. The molecule has 1 aromatic rings. The molecule has 0 fully saturated rings. The van der Waals surface area contributed by atoms with Crippen LogP contribution >= 0.6 is 0 Å². The van der Waals surface area contributed by atoms with E-state index in [2.05, 4.69) is 0 Å². The summed E-state index contributed by atoms with van der Waals surface area (Å²) < 4.78 is 36.7. The summed E-state index contributed by atoms with van der Waals surface area (Å²) in [5, 5.41) is 0. The van der Waals surface area contributed by atoms with Crippen LogP contribution in [0.4, 0.5) is 13.2 Å². The van der Waals surface area contributed by atoms with Crippen molar-refractivity contribution < 1.29 is 13.2 Å². The van der Waals surface area contributed by atoms with E-state index >= 15 is 0 Å². The Morgan fingerprint density at radius 3 is 1.92 bits per heavy atom. The Morgan fingerprint density at radius 2 is 1.69 bits per heavy atom. The van der Waals surface area contributed by atoms with Crippen LogP contribution in [0.1, 0.15) is 26.3 Å². The Kier molecular flexibility index (Phi) is 2.18. The van der Waals surface area contributed by atoms with Crippen LogP contribution in [0.15, 0.2) is 18.5 Å². The lowest BCUT2D eigenvalue weighted by Gasteiger charge is -2.16. The molecular weight excluding hydrogens is 179 g/mol. The summed E-state index contributed by atoms with van der Waals surface area (Å²) in [6.07, 6.45) is -2.13. The molecule has 0 bridgehead atoms. The van der Waals surface area contributed by atoms with Crippen molar-refractivity contribution in [3.05, 3.63) is 24.0 Å². The van der Waals surface area contributed by atoms with Gasteiger partial charge in [0, 0.05) is 12.4 Å². The summed E-state index contributed by atoms with van der Waals surface area (Å²) in [7, 11) is 0. The molecule has 1 rings (SSSR count). The van der Waals surface area contributed by atoms with Crippen molar-refractivity contribution in [2.45, 2.75) is 32.5 Å². The summed E-state index contributed by atoms with van der Waals surface area (Å²) in [6.45, 7) is 5.63. The first kappa shape index (κ1) is 10.2. The van der Waals surface area contributed by atoms with Crippen molar-refractivity contribution in [2.75, 3.05) is 0 Å². The maximum absolute atomic E-state index is 12.2. The lowest BCUT2D eigenvalue weighted by molar-refractivity contribution is -0.203. The zero-order chi connectivity index (χ0) is 10.3. The quantitative estimate of drug-likeness (QED) is 0.593. The highest BCUT2D eigenvalue weighted by atomic mass is 19.4. The van der Waals surface area contributed by atoms with E-state index in [-0.39, 0.29) is 9.98 Å². The number of alkyl halides is 3. The average Bonchev–Trinajstić information content (AvgIpc) is 2.28. The van der Waals surface area contributed by atoms with E-state index in [0.717, 1.165) is 12.4 Å². The monoisotopic (exact) mass is 191 g/mol. The van der Waals surface area contributed by atoms with Gasteiger partial charge in [0.1, 0.15) is 0 Å². The second kappa shape index (κ2) is 2.79. The molecule has 13 heavy (non-hydrogen) atoms. The van der Waals surface area contributed by atoms with Crippen LogP contribution < -0.4 is 0 Å². The van der Waals surface area contributed by atoms with E-state index in [0.29, 0.717) is 5.56 Å². The molecule has 0 atom stereocenters. The minimum atomic E-state index is -4.30. The van der Waals surface area contributed by atoms with Gasteiger partial charge in [0.2, 0.25) is 0 Å². The molecule has 1 aromatic heterocycles. The van der Waals surface area contributed by atoms with Crippen molar-refractivity contribution >= 4 is 0 Å². The first-order chi connectivity index (χ1) is 5.71. The predicted octanol–water partition coefficient (Wildman–Crippen LogP) is 3.26. The van der Waals surface area contributed by atoms with Crippen LogP contribution in [0, 0.1) is 0 Å². The van der Waals surface area contributed by atoms with E-state index in [4.69, 9.17) is 0 Å². The Hall–Kier alpha value is -0.930. The highest BCUT2D eigenvalue weighted by Crippen LogP contribution is 2.27. The summed E-state index contributed by atoms with van der Waals surface area (Å²) >= 11 is 0. The highest BCUT2D eigenvalue weighted by Gasteiger charge is 2.30. The fourth-order valence-electron chi connectivity index (χ4n) is 0.998. The van der Waals surface area contributed by atoms with Gasteiger partial charge in [0.05, 0.1) is 0 Å². The largest absolute Gasteiger partial charge is 0.488 e. The molecule has 0 saturated carbocycles. The van der Waals surface area contributed by atoms with Crippen LogP contribution in [0.5, 0.6) is 0 Å². The molecule has 1 heterocycles. The van der Waals surface area contributed by atoms with Gasteiger partial charge in [-0.05, 0) is 17.0 Å². The fourth-order valence-corrected chi connectivity index (χ4v) is 0.998. The molecular formula is C9H12F3N. The van der Waals surface area contributed by atoms with Crippen molar-refractivity contribution in [1.82, 2.24) is 4.57 Å². The van der Waals surface area contributed by atoms with Crippen LogP contribution in [-0.4, -0.2) is 4.57 Å². The van der Waals surface area contributed by atoms with Gasteiger partial charge >= 0.3 is 6.30 Å². The van der Waals surface area contributed by atoms with Gasteiger partial charge in [-0.25, -0.2) is 0 Å². The average molecular weight is 191 g/mol. The van der Waals surface area contributed by atoms with Gasteiger partial charge in [0.15, 0.2) is 0 Å². The molecule has 0 aliphatic heterocycles. The third-order valence-electron chi connectivity index (χ3n) is 1.85. The molecule has 1 nitrogen and oxygen atoms in total. The smallest absolute Gasteiger partial charge is 0.266 e. The van der Waals surface area contributed by atoms with E-state index in [1.807, 2.05) is 20.8 Å². The molecule has 0 saturated heterocycles. The first-order valence-corrected chi connectivity index (χ1v) is 3.97. The maximum Gasteiger partial charge on any atom is 0.488 e. The summed E-state index contributed by atoms with van der Waals surface area (Å²) in [4.78, 5) is 0. The molecule has 0 amide bonds. The van der Waals surface area contributed by atoms with Crippen molar-refractivity contribution in [1.29, 1.82) is 0 Å². The third kappa shape index (κ3) is 2.26. The maximum atomic E-state index is 12.2. The molecule has 0 N–H and O–H groups in total. The van der Waals surface area contributed by atoms with Gasteiger partial charge < -0.3 is 0 Å². The summed E-state index contributed by atoms with van der Waals surface area (Å²) in [5.41, 5.74) is 0.445. The molecule has 0 radical (unpaired) electrons. The topological polar surface area (TPSA) is 4.93 Å². The van der Waals surface area contributed by atoms with E-state index in [1.165, 1.54) is 6.07 Å². The lowest BCUT2D eigenvalue weighted by atomic mass is 9.89. The molecule has 0 aliphatic rings. The SMILES string of the molecule is CC(C)(C)c1ccn(C(F)(F)F)c1. The van der Waals surface area contributed by atoms with E-state index in [1.54, 1.807) is 0 Å². The Balaban J connectivity index is 3.01. The molecule has 0 unspecified atom stereocenters. The van der Waals surface area contributed by atoms with Crippen LogP contribution in [0.3, 0.4) is 0 Å². The normalized spacial score (nSPS) is 13.4. The summed E-state index contributed by atoms with van der Waals surface area (Å²) in [5.74, 6) is 0. The minimum Gasteiger partial charge on any atom is -0.266 e. The Labute approximate surface area is 75.2 Å². The molecule has 0 aliphatic carbocycles. The van der Waals surface area contributed by atoms with E-state index < -0.39 is 6.30 Å². The van der Waals surface area contributed by atoms with Crippen molar-refractivity contribution in [3.8, 4) is 0 Å². The van der Waals surface area contributed by atoms with Crippen LogP contribution in [0.25, 0.3) is 0 Å². The number of rotatable bonds is 0. The van der Waals surface area contributed by atoms with Gasteiger partial charge in [-0.15, -0.1) is 13.2 Å². The lowest BCUT2D eigenvalue weighted by Crippen LogP contribution is -2.15. The number of halogens is 3. The van der Waals surface area contributed by atoms with Crippen molar-refractivity contribution in [3.63, 3.8) is 0 Å². The highest BCUT2D eigenvalue weighted by molar-refractivity contribution is 5.19. The first-order valence-electron chi connectivity index (χ1n) is 3.97. The number of hydrogen-bond donors (Lipinski definition) is 0. The molecule has 0 aromatic carbocycles. The zero-order valence-corrected chi connectivity index (χ0v) is 7.81. The minimum absolute atomic E-state index is 0.240. The number of aromatic nitrogens is 1. The van der Waals surface area contributed by atoms with Gasteiger partial charge in [0.25, 0.3) is 0 Å². The van der Waals surface area contributed by atoms with Crippen LogP contribution in [0.2, 0.25) is 0 Å². The molecule has 0 spiro atoms. The van der Waals surface area contributed by atoms with Gasteiger partial charge in [-0.2, -0.15) is 0 Å².